The molecule has 1 rings (SSSR count). The largest absolute Gasteiger partial charge is 0.480 e. The molecule has 0 aromatic carbocycles. The summed E-state index contributed by atoms with van der Waals surface area (Å²) in [4.78, 5) is 53.9. The molecule has 0 spiro atoms. The van der Waals surface area contributed by atoms with Crippen molar-refractivity contribution in [2.75, 3.05) is 12.6 Å². The van der Waals surface area contributed by atoms with Gasteiger partial charge in [0.05, 0.1) is 6.33 Å². The number of aliphatic carboxylic acids is 1. The standard InChI is InChI=1S/C8H15N3O8P2/c12-8(13)7(1-6-2-9-3-10-6)11(4-20(14,15)16)5-21(17,18)19/h2-3,7H,1,4-5H2,(H,9,10)(H,12,13)(H2,14,15,16)(H2,17,18,19)/t7-/m0/s1. The van der Waals surface area contributed by atoms with Crippen LogP contribution < -0.4 is 0 Å². The van der Waals surface area contributed by atoms with Crippen LogP contribution in [0.15, 0.2) is 12.5 Å². The van der Waals surface area contributed by atoms with Crippen LogP contribution in [0.1, 0.15) is 5.69 Å². The first kappa shape index (κ1) is 18.0. The fourth-order valence-electron chi connectivity index (χ4n) is 1.69. The Labute approximate surface area is 119 Å². The Kier molecular flexibility index (Phi) is 5.83. The summed E-state index contributed by atoms with van der Waals surface area (Å²) in [5.41, 5.74) is 0.351. The molecule has 0 aliphatic heterocycles. The van der Waals surface area contributed by atoms with Crippen LogP contribution in [-0.2, 0) is 20.3 Å². The minimum atomic E-state index is -4.70. The molecule has 0 radical (unpaired) electrons. The number of H-pyrrole nitrogens is 1. The van der Waals surface area contributed by atoms with E-state index in [1.807, 2.05) is 0 Å². The van der Waals surface area contributed by atoms with E-state index in [1.54, 1.807) is 0 Å². The predicted octanol–water partition coefficient (Wildman–Crippen LogP) is -1.02. The second-order valence-electron chi connectivity index (χ2n) is 4.34. The zero-order valence-corrected chi connectivity index (χ0v) is 12.4. The number of nitrogens with zero attached hydrogens (tertiary/aromatic N) is 2. The molecule has 0 aliphatic rings. The van der Waals surface area contributed by atoms with Gasteiger partial charge in [0.2, 0.25) is 0 Å². The lowest BCUT2D eigenvalue weighted by molar-refractivity contribution is -0.142. The van der Waals surface area contributed by atoms with E-state index >= 15 is 0 Å². The molecule has 0 saturated carbocycles. The molecule has 120 valence electrons. The topological polar surface area (TPSA) is 184 Å². The lowest BCUT2D eigenvalue weighted by Crippen LogP contribution is -2.43. The average Bonchev–Trinajstić information content (AvgIpc) is 2.72. The minimum absolute atomic E-state index is 0.241. The van der Waals surface area contributed by atoms with Gasteiger partial charge in [-0.05, 0) is 0 Å². The third-order valence-electron chi connectivity index (χ3n) is 2.43. The summed E-state index contributed by atoms with van der Waals surface area (Å²) in [5.74, 6) is -1.47. The second kappa shape index (κ2) is 6.80. The van der Waals surface area contributed by atoms with E-state index in [4.69, 9.17) is 24.7 Å². The number of hydrogen-bond acceptors (Lipinski definition) is 5. The second-order valence-corrected chi connectivity index (χ2v) is 7.56. The summed E-state index contributed by atoms with van der Waals surface area (Å²) in [7, 11) is -9.40. The van der Waals surface area contributed by atoms with Crippen LogP contribution in [0, 0.1) is 0 Å². The number of rotatable bonds is 8. The Morgan fingerprint density at radius 2 is 1.76 bits per heavy atom. The van der Waals surface area contributed by atoms with Crippen molar-refractivity contribution in [2.45, 2.75) is 12.5 Å². The zero-order chi connectivity index (χ0) is 16.3. The Morgan fingerprint density at radius 1 is 1.24 bits per heavy atom. The SMILES string of the molecule is O=C(O)[C@H](Cc1cnc[nH]1)N(CP(=O)(O)O)CP(=O)(O)O. The molecule has 0 amide bonds. The Balaban J connectivity index is 3.02. The van der Waals surface area contributed by atoms with Gasteiger partial charge >= 0.3 is 21.2 Å². The molecule has 11 nitrogen and oxygen atoms in total. The van der Waals surface area contributed by atoms with Crippen molar-refractivity contribution in [3.05, 3.63) is 18.2 Å². The van der Waals surface area contributed by atoms with Crippen molar-refractivity contribution >= 4 is 21.2 Å². The molecule has 21 heavy (non-hydrogen) atoms. The van der Waals surface area contributed by atoms with Crippen LogP contribution in [-0.4, -0.2) is 64.1 Å². The van der Waals surface area contributed by atoms with Crippen LogP contribution in [0.2, 0.25) is 0 Å². The summed E-state index contributed by atoms with van der Waals surface area (Å²) < 4.78 is 22.1. The third kappa shape index (κ3) is 6.96. The first-order chi connectivity index (χ1) is 9.48. The lowest BCUT2D eigenvalue weighted by atomic mass is 10.1. The van der Waals surface area contributed by atoms with Crippen molar-refractivity contribution in [3.63, 3.8) is 0 Å². The smallest absolute Gasteiger partial charge is 0.339 e. The first-order valence-electron chi connectivity index (χ1n) is 5.51. The highest BCUT2D eigenvalue weighted by atomic mass is 31.2. The van der Waals surface area contributed by atoms with Gasteiger partial charge in [0.15, 0.2) is 0 Å². The van der Waals surface area contributed by atoms with Crippen LogP contribution in [0.25, 0.3) is 0 Å². The number of hydrogen-bond donors (Lipinski definition) is 6. The Morgan fingerprint density at radius 3 is 2.10 bits per heavy atom. The molecule has 6 N–H and O–H groups in total. The molecule has 1 aromatic heterocycles. The van der Waals surface area contributed by atoms with Gasteiger partial charge < -0.3 is 29.7 Å². The van der Waals surface area contributed by atoms with E-state index in [0.717, 1.165) is 0 Å². The van der Waals surface area contributed by atoms with Crippen molar-refractivity contribution in [1.29, 1.82) is 0 Å². The number of carboxylic acid groups (broad SMARTS) is 1. The lowest BCUT2D eigenvalue weighted by Gasteiger charge is -2.28. The number of imidazole rings is 1. The van der Waals surface area contributed by atoms with E-state index in [2.05, 4.69) is 9.97 Å². The number of carboxylic acids is 1. The van der Waals surface area contributed by atoms with Crippen LogP contribution in [0.5, 0.6) is 0 Å². The van der Waals surface area contributed by atoms with Crippen LogP contribution in [0.4, 0.5) is 0 Å². The monoisotopic (exact) mass is 343 g/mol. The van der Waals surface area contributed by atoms with Gasteiger partial charge in [-0.25, -0.2) is 4.98 Å². The molecule has 0 saturated heterocycles. The maximum atomic E-state index is 11.3. The highest BCUT2D eigenvalue weighted by molar-refractivity contribution is 7.52. The number of carbonyl (C=O) groups is 1. The van der Waals surface area contributed by atoms with Gasteiger partial charge in [0, 0.05) is 18.3 Å². The fourth-order valence-corrected chi connectivity index (χ4v) is 3.39. The predicted molar refractivity (Wildman–Crippen MR) is 69.4 cm³/mol. The van der Waals surface area contributed by atoms with Crippen molar-refractivity contribution in [1.82, 2.24) is 14.9 Å². The highest BCUT2D eigenvalue weighted by Crippen LogP contribution is 2.41. The van der Waals surface area contributed by atoms with E-state index in [1.165, 1.54) is 12.5 Å². The number of nitrogens with one attached hydrogen (secondary N) is 1. The quantitative estimate of drug-likeness (QED) is 0.319. The van der Waals surface area contributed by atoms with Crippen molar-refractivity contribution in [2.24, 2.45) is 0 Å². The summed E-state index contributed by atoms with van der Waals surface area (Å²) in [6.45, 7) is 0. The van der Waals surface area contributed by atoms with E-state index in [-0.39, 0.29) is 6.42 Å². The Hall–Kier alpha value is -1.06. The van der Waals surface area contributed by atoms with Crippen LogP contribution >= 0.6 is 15.2 Å². The minimum Gasteiger partial charge on any atom is -0.480 e. The molecular formula is C8H15N3O8P2. The first-order valence-corrected chi connectivity index (χ1v) is 9.11. The van der Waals surface area contributed by atoms with Crippen LogP contribution in [0.3, 0.4) is 0 Å². The van der Waals surface area contributed by atoms with Gasteiger partial charge in [0.1, 0.15) is 18.6 Å². The molecule has 1 atom stereocenters. The van der Waals surface area contributed by atoms with Gasteiger partial charge in [-0.2, -0.15) is 0 Å². The molecule has 0 bridgehead atoms. The number of aromatic amines is 1. The van der Waals surface area contributed by atoms with Gasteiger partial charge in [0.25, 0.3) is 0 Å². The molecule has 1 aromatic rings. The molecule has 13 heteroatoms. The molecule has 0 aliphatic carbocycles. The van der Waals surface area contributed by atoms with E-state index in [9.17, 15) is 13.9 Å². The maximum Gasteiger partial charge on any atom is 0.339 e. The highest BCUT2D eigenvalue weighted by Gasteiger charge is 2.35. The number of aromatic nitrogens is 2. The normalized spacial score (nSPS) is 14.3. The van der Waals surface area contributed by atoms with Crippen molar-refractivity contribution < 1.29 is 38.6 Å². The summed E-state index contributed by atoms with van der Waals surface area (Å²) in [5, 5.41) is 9.15. The van der Waals surface area contributed by atoms with Crippen molar-refractivity contribution in [3.8, 4) is 0 Å². The summed E-state index contributed by atoms with van der Waals surface area (Å²) in [6, 6.07) is -1.52. The van der Waals surface area contributed by atoms with Gasteiger partial charge in [-0.15, -0.1) is 0 Å². The molecule has 1 heterocycles. The third-order valence-corrected chi connectivity index (χ3v) is 3.89. The zero-order valence-electron chi connectivity index (χ0n) is 10.6. The van der Waals surface area contributed by atoms with Gasteiger partial charge in [-0.1, -0.05) is 0 Å². The van der Waals surface area contributed by atoms with E-state index < -0.39 is 39.8 Å². The summed E-state index contributed by atoms with van der Waals surface area (Å²) >= 11 is 0. The average molecular weight is 343 g/mol. The summed E-state index contributed by atoms with van der Waals surface area (Å²) in [6.07, 6.45) is 0.190. The molecule has 0 fully saturated rings. The van der Waals surface area contributed by atoms with Gasteiger partial charge in [-0.3, -0.25) is 18.8 Å². The van der Waals surface area contributed by atoms with E-state index in [0.29, 0.717) is 10.6 Å². The molecular weight excluding hydrogens is 328 g/mol. The Bertz CT molecular complexity index is 540. The fraction of sp³-hybridized carbons (Fsp3) is 0.500. The maximum absolute atomic E-state index is 11.3. The molecule has 0 unspecified atom stereocenters.